The van der Waals surface area contributed by atoms with Gasteiger partial charge in [-0.15, -0.1) is 11.3 Å². The number of sulfonamides is 1. The molecule has 0 bridgehead atoms. The van der Waals surface area contributed by atoms with Crippen LogP contribution in [0, 0.1) is 0 Å². The van der Waals surface area contributed by atoms with Crippen LogP contribution in [-0.4, -0.2) is 21.5 Å². The fraction of sp³-hybridized carbons (Fsp3) is 0.467. The van der Waals surface area contributed by atoms with Gasteiger partial charge in [-0.2, -0.15) is 0 Å². The number of benzene rings is 1. The van der Waals surface area contributed by atoms with Crippen molar-refractivity contribution in [1.82, 2.24) is 10.0 Å². The van der Waals surface area contributed by atoms with Gasteiger partial charge in [-0.3, -0.25) is 0 Å². The molecule has 4 nitrogen and oxygen atoms in total. The van der Waals surface area contributed by atoms with Crippen molar-refractivity contribution in [3.8, 4) is 0 Å². The summed E-state index contributed by atoms with van der Waals surface area (Å²) in [5, 5.41) is 4.12. The van der Waals surface area contributed by atoms with Crippen LogP contribution in [0.4, 0.5) is 0 Å². The maximum absolute atomic E-state index is 12.6. The molecule has 0 saturated carbocycles. The smallest absolute Gasteiger partial charge is 0.242 e. The Balaban J connectivity index is 2.45. The molecule has 0 amide bonds. The number of fused-ring (bicyclic) bond motifs is 1. The predicted octanol–water partition coefficient (Wildman–Crippen LogP) is 3.09. The SMILES string of the molecule is CCCNCc1sc2ccccc2c1S(=O)(=O)NCCC. The van der Waals surface area contributed by atoms with Crippen molar-refractivity contribution < 1.29 is 8.42 Å². The highest BCUT2D eigenvalue weighted by Crippen LogP contribution is 2.34. The first-order valence-electron chi connectivity index (χ1n) is 7.31. The number of hydrogen-bond acceptors (Lipinski definition) is 4. The van der Waals surface area contributed by atoms with Gasteiger partial charge < -0.3 is 5.32 Å². The van der Waals surface area contributed by atoms with Crippen molar-refractivity contribution in [2.24, 2.45) is 0 Å². The normalized spacial score (nSPS) is 12.1. The Morgan fingerprint density at radius 3 is 2.52 bits per heavy atom. The Bertz CT molecular complexity index is 693. The third-order valence-electron chi connectivity index (χ3n) is 3.14. The zero-order valence-electron chi connectivity index (χ0n) is 12.5. The van der Waals surface area contributed by atoms with Crippen molar-refractivity contribution in [2.45, 2.75) is 38.1 Å². The van der Waals surface area contributed by atoms with Crippen LogP contribution in [0.5, 0.6) is 0 Å². The molecule has 6 heteroatoms. The minimum atomic E-state index is -3.45. The number of thiophene rings is 1. The minimum Gasteiger partial charge on any atom is -0.312 e. The van der Waals surface area contributed by atoms with Gasteiger partial charge in [0.25, 0.3) is 0 Å². The van der Waals surface area contributed by atoms with E-state index in [9.17, 15) is 8.42 Å². The Morgan fingerprint density at radius 2 is 1.81 bits per heavy atom. The second kappa shape index (κ2) is 7.35. The van der Waals surface area contributed by atoms with Crippen LogP contribution in [0.25, 0.3) is 10.1 Å². The Kier molecular flexibility index (Phi) is 5.75. The van der Waals surface area contributed by atoms with Gasteiger partial charge in [-0.1, -0.05) is 32.0 Å². The van der Waals surface area contributed by atoms with Gasteiger partial charge in [0.2, 0.25) is 10.0 Å². The van der Waals surface area contributed by atoms with E-state index in [0.717, 1.165) is 34.3 Å². The van der Waals surface area contributed by atoms with E-state index in [1.54, 1.807) is 11.3 Å². The van der Waals surface area contributed by atoms with Gasteiger partial charge in [0, 0.05) is 28.1 Å². The number of hydrogen-bond donors (Lipinski definition) is 2. The van der Waals surface area contributed by atoms with Crippen LogP contribution in [-0.2, 0) is 16.6 Å². The molecule has 0 fully saturated rings. The average Bonchev–Trinajstić information content (AvgIpc) is 2.84. The summed E-state index contributed by atoms with van der Waals surface area (Å²) in [6.45, 7) is 6.00. The Morgan fingerprint density at radius 1 is 1.10 bits per heavy atom. The van der Waals surface area contributed by atoms with Crippen LogP contribution < -0.4 is 10.0 Å². The van der Waals surface area contributed by atoms with Crippen molar-refractivity contribution >= 4 is 31.4 Å². The van der Waals surface area contributed by atoms with E-state index in [2.05, 4.69) is 17.0 Å². The summed E-state index contributed by atoms with van der Waals surface area (Å²) < 4.78 is 28.9. The molecule has 1 aromatic heterocycles. The van der Waals surface area contributed by atoms with Crippen LogP contribution in [0.1, 0.15) is 31.6 Å². The number of rotatable bonds is 8. The first-order chi connectivity index (χ1) is 10.1. The Labute approximate surface area is 130 Å². The monoisotopic (exact) mass is 326 g/mol. The molecule has 0 unspecified atom stereocenters. The van der Waals surface area contributed by atoms with Gasteiger partial charge in [0.15, 0.2) is 0 Å². The third-order valence-corrected chi connectivity index (χ3v) is 6.03. The summed E-state index contributed by atoms with van der Waals surface area (Å²) in [6.07, 6.45) is 1.81. The van der Waals surface area contributed by atoms with E-state index >= 15 is 0 Å². The van der Waals surface area contributed by atoms with Crippen LogP contribution >= 0.6 is 11.3 Å². The van der Waals surface area contributed by atoms with Crippen molar-refractivity contribution in [3.63, 3.8) is 0 Å². The molecule has 1 heterocycles. The van der Waals surface area contributed by atoms with Gasteiger partial charge in [-0.25, -0.2) is 13.1 Å². The summed E-state index contributed by atoms with van der Waals surface area (Å²) in [4.78, 5) is 1.33. The molecule has 1 aromatic carbocycles. The predicted molar refractivity (Wildman–Crippen MR) is 89.3 cm³/mol. The lowest BCUT2D eigenvalue weighted by atomic mass is 10.2. The third kappa shape index (κ3) is 3.83. The number of nitrogens with one attached hydrogen (secondary N) is 2. The summed E-state index contributed by atoms with van der Waals surface area (Å²) >= 11 is 1.55. The van der Waals surface area contributed by atoms with Crippen molar-refractivity contribution in [1.29, 1.82) is 0 Å². The molecule has 21 heavy (non-hydrogen) atoms. The fourth-order valence-corrected chi connectivity index (χ4v) is 5.22. The maximum Gasteiger partial charge on any atom is 0.242 e. The second-order valence-corrected chi connectivity index (χ2v) is 7.77. The molecule has 0 atom stereocenters. The van der Waals surface area contributed by atoms with Gasteiger partial charge in [0.05, 0.1) is 0 Å². The molecule has 2 N–H and O–H groups in total. The fourth-order valence-electron chi connectivity index (χ4n) is 2.17. The summed E-state index contributed by atoms with van der Waals surface area (Å²) in [6, 6.07) is 7.69. The minimum absolute atomic E-state index is 0.445. The average molecular weight is 326 g/mol. The highest BCUT2D eigenvalue weighted by Gasteiger charge is 2.23. The van der Waals surface area contributed by atoms with E-state index < -0.39 is 10.0 Å². The quantitative estimate of drug-likeness (QED) is 0.733. The second-order valence-electron chi connectivity index (χ2n) is 4.93. The van der Waals surface area contributed by atoms with Crippen molar-refractivity contribution in [2.75, 3.05) is 13.1 Å². The summed E-state index contributed by atoms with van der Waals surface area (Å²) in [7, 11) is -3.45. The van der Waals surface area contributed by atoms with Gasteiger partial charge in [-0.05, 0) is 25.5 Å². The van der Waals surface area contributed by atoms with Crippen LogP contribution in [0.3, 0.4) is 0 Å². The molecule has 0 saturated heterocycles. The molecule has 0 radical (unpaired) electrons. The molecular formula is C15H22N2O2S2. The summed E-state index contributed by atoms with van der Waals surface area (Å²) in [5.41, 5.74) is 0. The molecule has 116 valence electrons. The highest BCUT2D eigenvalue weighted by atomic mass is 32.2. The Hall–Kier alpha value is -0.950. The lowest BCUT2D eigenvalue weighted by Gasteiger charge is -2.08. The van der Waals surface area contributed by atoms with Crippen molar-refractivity contribution in [3.05, 3.63) is 29.1 Å². The van der Waals surface area contributed by atoms with Crippen LogP contribution in [0.2, 0.25) is 0 Å². The molecular weight excluding hydrogens is 304 g/mol. The largest absolute Gasteiger partial charge is 0.312 e. The van der Waals surface area contributed by atoms with E-state index in [-0.39, 0.29) is 0 Å². The zero-order chi connectivity index (χ0) is 15.3. The molecule has 0 spiro atoms. The molecule has 0 aliphatic heterocycles. The van der Waals surface area contributed by atoms with Gasteiger partial charge in [0.1, 0.15) is 4.90 Å². The standard InChI is InChI=1S/C15H22N2O2S2/c1-3-9-16-11-14-15(21(18,19)17-10-4-2)12-7-5-6-8-13(12)20-14/h5-8,16-17H,3-4,9-11H2,1-2H3. The first kappa shape index (κ1) is 16.4. The van der Waals surface area contributed by atoms with Crippen LogP contribution in [0.15, 0.2) is 29.2 Å². The van der Waals surface area contributed by atoms with Gasteiger partial charge >= 0.3 is 0 Å². The molecule has 0 aliphatic rings. The zero-order valence-corrected chi connectivity index (χ0v) is 14.1. The lowest BCUT2D eigenvalue weighted by molar-refractivity contribution is 0.579. The lowest BCUT2D eigenvalue weighted by Crippen LogP contribution is -2.26. The highest BCUT2D eigenvalue weighted by molar-refractivity contribution is 7.90. The van der Waals surface area contributed by atoms with E-state index in [4.69, 9.17) is 0 Å². The molecule has 0 aliphatic carbocycles. The van der Waals surface area contributed by atoms with E-state index in [1.807, 2.05) is 31.2 Å². The molecule has 2 aromatic rings. The molecule has 2 rings (SSSR count). The van der Waals surface area contributed by atoms with E-state index in [1.165, 1.54) is 0 Å². The summed E-state index contributed by atoms with van der Waals surface area (Å²) in [5.74, 6) is 0. The maximum atomic E-state index is 12.6. The topological polar surface area (TPSA) is 58.2 Å². The van der Waals surface area contributed by atoms with E-state index in [0.29, 0.717) is 18.0 Å². The first-order valence-corrected chi connectivity index (χ1v) is 9.61.